The number of fused-ring (bicyclic) bond motifs is 1. The Morgan fingerprint density at radius 1 is 1.12 bits per heavy atom. The highest BCUT2D eigenvalue weighted by Crippen LogP contribution is 2.63. The maximum atomic E-state index is 10.2. The van der Waals surface area contributed by atoms with Crippen LogP contribution >= 0.6 is 0 Å². The molecule has 7 atom stereocenters. The van der Waals surface area contributed by atoms with Gasteiger partial charge in [0.1, 0.15) is 0 Å². The second kappa shape index (κ2) is 11.0. The van der Waals surface area contributed by atoms with E-state index in [0.29, 0.717) is 17.3 Å². The summed E-state index contributed by atoms with van der Waals surface area (Å²) in [5.74, 6) is 2.14. The third-order valence-corrected chi connectivity index (χ3v) is 9.47. The number of rotatable bonds is 6. The van der Waals surface area contributed by atoms with Crippen LogP contribution in [0.2, 0.25) is 0 Å². The standard InChI is InChI=1S/C24H41NO2.C2H4O2.H3N/c1-16-4-7-21-20(14-25-13-17-5-6-17)22(9-11-23(16,21)2)24(3)10-8-19(27)12-18(24)15-26;1-2(3)4;/h17-22,25-27H,1,4-15H2,2-3H3;1H3,(H,3,4);1H3/t18-,19+,20-,21?,22?,23+,24+;;/m1../s1. The van der Waals surface area contributed by atoms with Gasteiger partial charge in [0.2, 0.25) is 0 Å². The number of aliphatic hydroxyl groups is 2. The van der Waals surface area contributed by atoms with Gasteiger partial charge in [-0.05, 0) is 118 Å². The lowest BCUT2D eigenvalue weighted by atomic mass is 9.49. The SMILES string of the molecule is C=C1CCC2[C@@H](CNCC3CC3)C([C@@]3(C)CC[C@H](O)C[C@@H]3CO)CC[C@@]12C.CC(=O)[O-].[NH4+]. The fraction of sp³-hybridized carbons (Fsp3) is 0.885. The van der Waals surface area contributed by atoms with Crippen LogP contribution in [0.4, 0.5) is 0 Å². The predicted octanol–water partition coefficient (Wildman–Crippen LogP) is 3.28. The van der Waals surface area contributed by atoms with Crippen LogP contribution in [-0.2, 0) is 4.79 Å². The van der Waals surface area contributed by atoms with Crippen LogP contribution < -0.4 is 16.6 Å². The molecule has 4 aliphatic carbocycles. The van der Waals surface area contributed by atoms with Crippen molar-refractivity contribution in [3.05, 3.63) is 12.2 Å². The van der Waals surface area contributed by atoms with Crippen molar-refractivity contribution in [2.45, 2.75) is 84.7 Å². The minimum absolute atomic E-state index is 0. The summed E-state index contributed by atoms with van der Waals surface area (Å²) in [6.45, 7) is 12.9. The molecule has 0 aliphatic heterocycles. The smallest absolute Gasteiger partial charge is 0.0544 e. The van der Waals surface area contributed by atoms with E-state index in [1.54, 1.807) is 0 Å². The zero-order chi connectivity index (χ0) is 22.8. The van der Waals surface area contributed by atoms with Gasteiger partial charge in [-0.25, -0.2) is 0 Å². The number of allylic oxidation sites excluding steroid dienone is 1. The van der Waals surface area contributed by atoms with Crippen LogP contribution in [0, 0.1) is 40.4 Å². The first-order valence-corrected chi connectivity index (χ1v) is 12.5. The number of carbonyl (C=O) groups is 1. The van der Waals surface area contributed by atoms with Crippen LogP contribution in [-0.4, -0.2) is 42.0 Å². The van der Waals surface area contributed by atoms with Crippen molar-refractivity contribution in [3.63, 3.8) is 0 Å². The second-order valence-corrected chi connectivity index (χ2v) is 11.4. The fourth-order valence-corrected chi connectivity index (χ4v) is 7.24. The first kappa shape index (κ1) is 27.3. The average Bonchev–Trinajstić information content (AvgIpc) is 3.47. The van der Waals surface area contributed by atoms with Gasteiger partial charge in [0.25, 0.3) is 0 Å². The Labute approximate surface area is 194 Å². The molecule has 0 heterocycles. The van der Waals surface area contributed by atoms with Crippen molar-refractivity contribution < 1.29 is 20.1 Å². The van der Waals surface area contributed by atoms with Gasteiger partial charge in [0.15, 0.2) is 0 Å². The van der Waals surface area contributed by atoms with Gasteiger partial charge in [-0.2, -0.15) is 0 Å². The van der Waals surface area contributed by atoms with Crippen LogP contribution in [0.1, 0.15) is 78.6 Å². The van der Waals surface area contributed by atoms with Gasteiger partial charge in [-0.3, -0.25) is 0 Å². The van der Waals surface area contributed by atoms with Crippen molar-refractivity contribution >= 4 is 5.97 Å². The number of carboxylic acid groups (broad SMARTS) is 1. The number of carbonyl (C=O) groups excluding carboxylic acids is 1. The Hall–Kier alpha value is -0.950. The number of hydrogen-bond donors (Lipinski definition) is 4. The van der Waals surface area contributed by atoms with E-state index < -0.39 is 5.97 Å². The number of nitrogens with one attached hydrogen (secondary N) is 1. The molecule has 0 saturated heterocycles. The summed E-state index contributed by atoms with van der Waals surface area (Å²) in [5.41, 5.74) is 1.97. The third kappa shape index (κ3) is 5.75. The molecular formula is C26H48N2O4. The normalized spacial score (nSPS) is 41.2. The topological polar surface area (TPSA) is 129 Å². The van der Waals surface area contributed by atoms with Gasteiger partial charge in [-0.15, -0.1) is 0 Å². The van der Waals surface area contributed by atoms with E-state index in [4.69, 9.17) is 9.90 Å². The van der Waals surface area contributed by atoms with Gasteiger partial charge < -0.3 is 31.6 Å². The van der Waals surface area contributed by atoms with Crippen LogP contribution in [0.5, 0.6) is 0 Å². The molecule has 0 spiro atoms. The summed E-state index contributed by atoms with van der Waals surface area (Å²) < 4.78 is 0. The summed E-state index contributed by atoms with van der Waals surface area (Å²) in [6.07, 6.45) is 10.3. The third-order valence-electron chi connectivity index (χ3n) is 9.47. The molecule has 6 heteroatoms. The van der Waals surface area contributed by atoms with E-state index in [9.17, 15) is 10.2 Å². The zero-order valence-electron chi connectivity index (χ0n) is 20.9. The Morgan fingerprint density at radius 2 is 1.78 bits per heavy atom. The fourth-order valence-electron chi connectivity index (χ4n) is 7.24. The summed E-state index contributed by atoms with van der Waals surface area (Å²) in [5, 5.41) is 33.1. The molecule has 2 unspecified atom stereocenters. The molecule has 0 aromatic carbocycles. The predicted molar refractivity (Wildman–Crippen MR) is 127 cm³/mol. The first-order valence-electron chi connectivity index (χ1n) is 12.5. The van der Waals surface area contributed by atoms with Crippen molar-refractivity contribution in [2.75, 3.05) is 19.7 Å². The maximum Gasteiger partial charge on any atom is 0.0544 e. The molecule has 4 fully saturated rings. The highest BCUT2D eigenvalue weighted by Gasteiger charge is 2.56. The summed E-state index contributed by atoms with van der Waals surface area (Å²) in [6, 6.07) is 0. The Bertz CT molecular complexity index is 648. The van der Waals surface area contributed by atoms with Crippen LogP contribution in [0.3, 0.4) is 0 Å². The number of aliphatic carboxylic acids is 1. The summed E-state index contributed by atoms with van der Waals surface area (Å²) >= 11 is 0. The monoisotopic (exact) mass is 452 g/mol. The van der Waals surface area contributed by atoms with Gasteiger partial charge in [0.05, 0.1) is 6.10 Å². The molecule has 32 heavy (non-hydrogen) atoms. The van der Waals surface area contributed by atoms with Crippen molar-refractivity contribution in [3.8, 4) is 0 Å². The molecule has 0 radical (unpaired) electrons. The van der Waals surface area contributed by atoms with E-state index in [-0.39, 0.29) is 30.2 Å². The largest absolute Gasteiger partial charge is 0.550 e. The quantitative estimate of drug-likeness (QED) is 0.460. The summed E-state index contributed by atoms with van der Waals surface area (Å²) in [7, 11) is 0. The molecule has 0 aromatic heterocycles. The van der Waals surface area contributed by atoms with Gasteiger partial charge >= 0.3 is 0 Å². The average molecular weight is 453 g/mol. The molecular weight excluding hydrogens is 404 g/mol. The van der Waals surface area contributed by atoms with E-state index in [1.165, 1.54) is 50.6 Å². The van der Waals surface area contributed by atoms with E-state index in [2.05, 4.69) is 25.7 Å². The highest BCUT2D eigenvalue weighted by molar-refractivity contribution is 5.60. The van der Waals surface area contributed by atoms with E-state index in [1.807, 2.05) is 0 Å². The number of hydrogen-bond acceptors (Lipinski definition) is 5. The maximum absolute atomic E-state index is 10.2. The second-order valence-electron chi connectivity index (χ2n) is 11.4. The first-order chi connectivity index (χ1) is 14.6. The Balaban J connectivity index is 0.000000672. The van der Waals surface area contributed by atoms with Gasteiger partial charge in [0, 0.05) is 12.6 Å². The Kier molecular flexibility index (Phi) is 9.37. The minimum atomic E-state index is -1.08. The zero-order valence-corrected chi connectivity index (χ0v) is 20.9. The minimum Gasteiger partial charge on any atom is -0.550 e. The molecule has 186 valence electrons. The van der Waals surface area contributed by atoms with E-state index in [0.717, 1.165) is 44.6 Å². The van der Waals surface area contributed by atoms with Crippen molar-refractivity contribution in [2.24, 2.45) is 40.4 Å². The molecule has 4 aliphatic rings. The van der Waals surface area contributed by atoms with Gasteiger partial charge in [-0.1, -0.05) is 26.0 Å². The molecule has 4 rings (SSSR count). The van der Waals surface area contributed by atoms with E-state index >= 15 is 0 Å². The van der Waals surface area contributed by atoms with Crippen molar-refractivity contribution in [1.82, 2.24) is 11.5 Å². The lowest BCUT2D eigenvalue weighted by Gasteiger charge is -2.56. The molecule has 6 nitrogen and oxygen atoms in total. The molecule has 4 saturated carbocycles. The number of quaternary nitrogens is 1. The van der Waals surface area contributed by atoms with Crippen molar-refractivity contribution in [1.29, 1.82) is 0 Å². The molecule has 0 amide bonds. The highest BCUT2D eigenvalue weighted by atomic mass is 16.4. The Morgan fingerprint density at radius 3 is 2.38 bits per heavy atom. The molecule has 0 aromatic rings. The summed E-state index contributed by atoms with van der Waals surface area (Å²) in [4.78, 5) is 8.89. The number of aliphatic hydroxyl groups excluding tert-OH is 2. The molecule has 7 N–H and O–H groups in total. The lowest BCUT2D eigenvalue weighted by Crippen LogP contribution is -2.53. The molecule has 0 bridgehead atoms. The van der Waals surface area contributed by atoms with Crippen LogP contribution in [0.15, 0.2) is 12.2 Å². The number of carboxylic acids is 1. The lowest BCUT2D eigenvalue weighted by molar-refractivity contribution is -0.302. The van der Waals surface area contributed by atoms with Crippen LogP contribution in [0.25, 0.3) is 0 Å².